The molecule has 0 radical (unpaired) electrons. The Bertz CT molecular complexity index is 773. The Morgan fingerprint density at radius 1 is 1.07 bits per heavy atom. The number of benzene rings is 2. The lowest BCUT2D eigenvalue weighted by molar-refractivity contribution is 0.0905. The summed E-state index contributed by atoms with van der Waals surface area (Å²) in [4.78, 5) is 12.5. The predicted molar refractivity (Wildman–Crippen MR) is 107 cm³/mol. The van der Waals surface area contributed by atoms with Gasteiger partial charge < -0.3 is 19.5 Å². The molecule has 1 unspecified atom stereocenters. The molecule has 5 heteroatoms. The van der Waals surface area contributed by atoms with E-state index in [9.17, 15) is 4.79 Å². The molecular formula is C22H29NO4. The molecule has 0 aliphatic carbocycles. The van der Waals surface area contributed by atoms with Crippen LogP contribution in [0.15, 0.2) is 36.4 Å². The third-order valence-corrected chi connectivity index (χ3v) is 4.29. The number of nitrogens with one attached hydrogen (secondary N) is 1. The maximum Gasteiger partial charge on any atom is 0.251 e. The SMILES string of the molecule is CCOc1ccc(C(=O)NC(C)COC)cc1COc1ccc(C)c(C)c1. The second kappa shape index (κ2) is 9.97. The number of methoxy groups -OCH3 is 1. The van der Waals surface area contributed by atoms with Crippen LogP contribution in [0.3, 0.4) is 0 Å². The summed E-state index contributed by atoms with van der Waals surface area (Å²) in [5, 5.41) is 2.92. The minimum Gasteiger partial charge on any atom is -0.493 e. The molecule has 146 valence electrons. The van der Waals surface area contributed by atoms with Crippen molar-refractivity contribution in [2.24, 2.45) is 0 Å². The lowest BCUT2D eigenvalue weighted by Gasteiger charge is -2.16. The van der Waals surface area contributed by atoms with Crippen LogP contribution < -0.4 is 14.8 Å². The summed E-state index contributed by atoms with van der Waals surface area (Å²) in [7, 11) is 1.61. The largest absolute Gasteiger partial charge is 0.493 e. The summed E-state index contributed by atoms with van der Waals surface area (Å²) < 4.78 is 16.7. The van der Waals surface area contributed by atoms with Crippen LogP contribution in [0.2, 0.25) is 0 Å². The van der Waals surface area contributed by atoms with Crippen molar-refractivity contribution < 1.29 is 19.0 Å². The first-order chi connectivity index (χ1) is 12.9. The number of hydrogen-bond donors (Lipinski definition) is 1. The van der Waals surface area contributed by atoms with E-state index in [-0.39, 0.29) is 11.9 Å². The van der Waals surface area contributed by atoms with E-state index in [1.807, 2.05) is 44.2 Å². The van der Waals surface area contributed by atoms with Crippen molar-refractivity contribution in [1.29, 1.82) is 0 Å². The molecule has 0 aliphatic heterocycles. The molecule has 0 fully saturated rings. The molecule has 2 aromatic carbocycles. The van der Waals surface area contributed by atoms with Crippen LogP contribution in [0.1, 0.15) is 40.9 Å². The van der Waals surface area contributed by atoms with E-state index >= 15 is 0 Å². The highest BCUT2D eigenvalue weighted by Crippen LogP contribution is 2.24. The van der Waals surface area contributed by atoms with Gasteiger partial charge in [0, 0.05) is 24.3 Å². The van der Waals surface area contributed by atoms with Crippen molar-refractivity contribution in [3.63, 3.8) is 0 Å². The van der Waals surface area contributed by atoms with Crippen molar-refractivity contribution >= 4 is 5.91 Å². The minimum absolute atomic E-state index is 0.0655. The van der Waals surface area contributed by atoms with Gasteiger partial charge in [-0.2, -0.15) is 0 Å². The first-order valence-corrected chi connectivity index (χ1v) is 9.20. The van der Waals surface area contributed by atoms with Crippen molar-refractivity contribution in [2.45, 2.75) is 40.3 Å². The van der Waals surface area contributed by atoms with Crippen molar-refractivity contribution in [3.05, 3.63) is 58.7 Å². The van der Waals surface area contributed by atoms with Crippen LogP contribution in [-0.4, -0.2) is 32.3 Å². The number of aryl methyl sites for hydroxylation is 2. The molecule has 1 N–H and O–H groups in total. The van der Waals surface area contributed by atoms with Gasteiger partial charge in [0.2, 0.25) is 0 Å². The van der Waals surface area contributed by atoms with Gasteiger partial charge in [0.1, 0.15) is 18.1 Å². The molecule has 0 bridgehead atoms. The van der Waals surface area contributed by atoms with E-state index in [0.29, 0.717) is 25.4 Å². The maximum absolute atomic E-state index is 12.5. The number of amides is 1. The topological polar surface area (TPSA) is 56.8 Å². The number of ether oxygens (including phenoxy) is 3. The van der Waals surface area contributed by atoms with Gasteiger partial charge in [0.25, 0.3) is 5.91 Å². The quantitative estimate of drug-likeness (QED) is 0.723. The summed E-state index contributed by atoms with van der Waals surface area (Å²) in [6.07, 6.45) is 0. The fourth-order valence-electron chi connectivity index (χ4n) is 2.69. The summed E-state index contributed by atoms with van der Waals surface area (Å²) in [5.41, 5.74) is 3.81. The Hall–Kier alpha value is -2.53. The van der Waals surface area contributed by atoms with Gasteiger partial charge in [-0.3, -0.25) is 4.79 Å². The van der Waals surface area contributed by atoms with Crippen LogP contribution in [0.5, 0.6) is 11.5 Å². The summed E-state index contributed by atoms with van der Waals surface area (Å²) in [6, 6.07) is 11.3. The van der Waals surface area contributed by atoms with Crippen LogP contribution in [-0.2, 0) is 11.3 Å². The molecule has 27 heavy (non-hydrogen) atoms. The Balaban J connectivity index is 2.16. The zero-order chi connectivity index (χ0) is 19.8. The number of hydrogen-bond acceptors (Lipinski definition) is 4. The predicted octanol–water partition coefficient (Wildman–Crippen LogP) is 4.05. The number of rotatable bonds is 9. The standard InChI is InChI=1S/C22H29NO4/c1-6-26-21-10-8-18(22(24)23-17(4)13-25-5)12-19(21)14-27-20-9-7-15(2)16(3)11-20/h7-12,17H,6,13-14H2,1-5H3,(H,23,24). The third-order valence-electron chi connectivity index (χ3n) is 4.29. The highest BCUT2D eigenvalue weighted by Gasteiger charge is 2.13. The molecule has 0 aliphatic rings. The van der Waals surface area contributed by atoms with Gasteiger partial charge in [-0.1, -0.05) is 6.07 Å². The molecule has 0 saturated carbocycles. The maximum atomic E-state index is 12.5. The fraction of sp³-hybridized carbons (Fsp3) is 0.409. The van der Waals surface area contributed by atoms with Crippen LogP contribution in [0.4, 0.5) is 0 Å². The monoisotopic (exact) mass is 371 g/mol. The Labute approximate surface area is 161 Å². The van der Waals surface area contributed by atoms with Crippen molar-refractivity contribution in [1.82, 2.24) is 5.32 Å². The number of carbonyl (C=O) groups excluding carboxylic acids is 1. The van der Waals surface area contributed by atoms with Gasteiger partial charge >= 0.3 is 0 Å². The normalized spacial score (nSPS) is 11.7. The lowest BCUT2D eigenvalue weighted by Crippen LogP contribution is -2.35. The van der Waals surface area contributed by atoms with Crippen molar-refractivity contribution in [2.75, 3.05) is 20.3 Å². The highest BCUT2D eigenvalue weighted by molar-refractivity contribution is 5.94. The second-order valence-electron chi connectivity index (χ2n) is 6.62. The molecule has 1 atom stereocenters. The Morgan fingerprint density at radius 3 is 2.52 bits per heavy atom. The first-order valence-electron chi connectivity index (χ1n) is 9.20. The zero-order valence-corrected chi connectivity index (χ0v) is 16.8. The molecule has 0 heterocycles. The van der Waals surface area contributed by atoms with Gasteiger partial charge in [-0.25, -0.2) is 0 Å². The van der Waals surface area contributed by atoms with E-state index in [4.69, 9.17) is 14.2 Å². The van der Waals surface area contributed by atoms with Gasteiger partial charge in [0.05, 0.1) is 13.2 Å². The molecular weight excluding hydrogens is 342 g/mol. The third kappa shape index (κ3) is 6.00. The molecule has 0 saturated heterocycles. The fourth-order valence-corrected chi connectivity index (χ4v) is 2.69. The van der Waals surface area contributed by atoms with Crippen LogP contribution in [0, 0.1) is 13.8 Å². The smallest absolute Gasteiger partial charge is 0.251 e. The van der Waals surface area contributed by atoms with E-state index in [0.717, 1.165) is 17.1 Å². The van der Waals surface area contributed by atoms with Gasteiger partial charge in [-0.15, -0.1) is 0 Å². The second-order valence-corrected chi connectivity index (χ2v) is 6.62. The average Bonchev–Trinajstić information content (AvgIpc) is 2.64. The van der Waals surface area contributed by atoms with Crippen molar-refractivity contribution in [3.8, 4) is 11.5 Å². The summed E-state index contributed by atoms with van der Waals surface area (Å²) in [6.45, 7) is 9.30. The van der Waals surface area contributed by atoms with E-state index in [1.165, 1.54) is 11.1 Å². The Kier molecular flexibility index (Phi) is 7.67. The van der Waals surface area contributed by atoms with Gasteiger partial charge in [0.15, 0.2) is 0 Å². The molecule has 2 aromatic rings. The Morgan fingerprint density at radius 2 is 1.85 bits per heavy atom. The van der Waals surface area contributed by atoms with Crippen LogP contribution in [0.25, 0.3) is 0 Å². The minimum atomic E-state index is -0.143. The first kappa shape index (κ1) is 20.8. The number of carbonyl (C=O) groups is 1. The van der Waals surface area contributed by atoms with Gasteiger partial charge in [-0.05, 0) is 69.2 Å². The van der Waals surface area contributed by atoms with Crippen LogP contribution >= 0.6 is 0 Å². The summed E-state index contributed by atoms with van der Waals surface area (Å²) >= 11 is 0. The lowest BCUT2D eigenvalue weighted by atomic mass is 10.1. The average molecular weight is 371 g/mol. The van der Waals surface area contributed by atoms with E-state index < -0.39 is 0 Å². The zero-order valence-electron chi connectivity index (χ0n) is 16.8. The molecule has 0 spiro atoms. The molecule has 1 amide bonds. The molecule has 0 aromatic heterocycles. The molecule has 5 nitrogen and oxygen atoms in total. The van der Waals surface area contributed by atoms with E-state index in [1.54, 1.807) is 13.2 Å². The molecule has 2 rings (SSSR count). The highest BCUT2D eigenvalue weighted by atomic mass is 16.5. The van der Waals surface area contributed by atoms with E-state index in [2.05, 4.69) is 19.2 Å². The summed E-state index contributed by atoms with van der Waals surface area (Å²) in [5.74, 6) is 1.38.